The van der Waals surface area contributed by atoms with Crippen molar-refractivity contribution in [1.29, 1.82) is 0 Å². The molecule has 0 fully saturated rings. The van der Waals surface area contributed by atoms with Gasteiger partial charge in [-0.2, -0.15) is 0 Å². The molecule has 2 rings (SSSR count). The molecule has 2 heteroatoms. The van der Waals surface area contributed by atoms with Gasteiger partial charge in [-0.3, -0.25) is 0 Å². The molecule has 0 aromatic rings. The van der Waals surface area contributed by atoms with Crippen LogP contribution < -0.4 is 0 Å². The molecule has 0 saturated heterocycles. The molecule has 2 aliphatic rings. The molecule has 0 aromatic carbocycles. The molecule has 20 heavy (non-hydrogen) atoms. The molecule has 0 aliphatic heterocycles. The van der Waals surface area contributed by atoms with E-state index in [9.17, 15) is 0 Å². The predicted octanol–water partition coefficient (Wildman–Crippen LogP) is 4.35. The van der Waals surface area contributed by atoms with Crippen LogP contribution in [0.15, 0.2) is 48.6 Å². The smallest absolute Gasteiger partial charge is 0.0871 e. The van der Waals surface area contributed by atoms with Crippen LogP contribution >= 0.6 is 0 Å². The van der Waals surface area contributed by atoms with Crippen LogP contribution in [-0.2, 0) is 9.47 Å². The van der Waals surface area contributed by atoms with Gasteiger partial charge in [0.2, 0.25) is 0 Å². The van der Waals surface area contributed by atoms with Crippen molar-refractivity contribution in [3.63, 3.8) is 0 Å². The third kappa shape index (κ3) is 4.77. The summed E-state index contributed by atoms with van der Waals surface area (Å²) in [4.78, 5) is 0. The average molecular weight is 274 g/mol. The largest absolute Gasteiger partial charge is 0.371 e. The summed E-state index contributed by atoms with van der Waals surface area (Å²) in [5.74, 6) is 0. The van der Waals surface area contributed by atoms with Gasteiger partial charge in [0.25, 0.3) is 0 Å². The summed E-state index contributed by atoms with van der Waals surface area (Å²) >= 11 is 0. The van der Waals surface area contributed by atoms with Crippen LogP contribution in [0.3, 0.4) is 0 Å². The first-order valence-corrected chi connectivity index (χ1v) is 7.59. The Morgan fingerprint density at radius 1 is 0.750 bits per heavy atom. The lowest BCUT2D eigenvalue weighted by Gasteiger charge is -2.28. The van der Waals surface area contributed by atoms with Gasteiger partial charge in [0.15, 0.2) is 0 Å². The number of allylic oxidation sites excluding steroid dienone is 4. The van der Waals surface area contributed by atoms with E-state index < -0.39 is 0 Å². The minimum atomic E-state index is -0.113. The quantitative estimate of drug-likeness (QED) is 0.643. The number of hydrogen-bond donors (Lipinski definition) is 0. The van der Waals surface area contributed by atoms with E-state index in [4.69, 9.17) is 9.47 Å². The van der Waals surface area contributed by atoms with Crippen LogP contribution in [0.5, 0.6) is 0 Å². The third-order valence-corrected chi connectivity index (χ3v) is 3.84. The zero-order valence-corrected chi connectivity index (χ0v) is 12.7. The fraction of sp³-hybridized carbons (Fsp3) is 0.556. The average Bonchev–Trinajstić information content (AvgIpc) is 2.44. The van der Waals surface area contributed by atoms with E-state index in [1.165, 1.54) is 0 Å². The minimum Gasteiger partial charge on any atom is -0.371 e. The fourth-order valence-corrected chi connectivity index (χ4v) is 2.44. The van der Waals surface area contributed by atoms with Gasteiger partial charge < -0.3 is 9.47 Å². The normalized spacial score (nSPS) is 31.9. The van der Waals surface area contributed by atoms with Crippen LogP contribution in [0.4, 0.5) is 0 Å². The predicted molar refractivity (Wildman–Crippen MR) is 83.7 cm³/mol. The first-order valence-electron chi connectivity index (χ1n) is 7.59. The molecule has 0 amide bonds. The zero-order chi connectivity index (χ0) is 14.3. The molecule has 2 unspecified atom stereocenters. The van der Waals surface area contributed by atoms with E-state index in [2.05, 4.69) is 62.5 Å². The summed E-state index contributed by atoms with van der Waals surface area (Å²) in [6, 6.07) is 0. The second kappa shape index (κ2) is 7.05. The van der Waals surface area contributed by atoms with E-state index in [1.54, 1.807) is 0 Å². The lowest BCUT2D eigenvalue weighted by molar-refractivity contribution is -0.0139. The van der Waals surface area contributed by atoms with E-state index >= 15 is 0 Å². The first-order chi connectivity index (χ1) is 9.62. The first kappa shape index (κ1) is 15.3. The van der Waals surface area contributed by atoms with E-state index in [0.29, 0.717) is 0 Å². The molecule has 0 saturated carbocycles. The second-order valence-corrected chi connectivity index (χ2v) is 6.01. The van der Waals surface area contributed by atoms with Crippen LogP contribution in [0.25, 0.3) is 0 Å². The molecule has 2 atom stereocenters. The third-order valence-electron chi connectivity index (χ3n) is 3.84. The molecular weight excluding hydrogens is 248 g/mol. The molecule has 0 radical (unpaired) electrons. The summed E-state index contributed by atoms with van der Waals surface area (Å²) in [7, 11) is 0. The molecule has 0 heterocycles. The standard InChI is InChI=1S/C18H26O2/c1-17(11-5-3-6-12-17)19-15-9-10-16-20-18(2)13-7-4-8-14-18/h3-8,11,13H,9-10,12,14-16H2,1-2H3. The van der Waals surface area contributed by atoms with Crippen molar-refractivity contribution in [3.05, 3.63) is 48.6 Å². The summed E-state index contributed by atoms with van der Waals surface area (Å²) in [5.41, 5.74) is -0.225. The highest BCUT2D eigenvalue weighted by molar-refractivity contribution is 5.17. The van der Waals surface area contributed by atoms with Crippen molar-refractivity contribution >= 4 is 0 Å². The van der Waals surface area contributed by atoms with Gasteiger partial charge in [0, 0.05) is 13.2 Å². The Bertz CT molecular complexity index is 379. The highest BCUT2D eigenvalue weighted by Crippen LogP contribution is 2.23. The Morgan fingerprint density at radius 3 is 1.55 bits per heavy atom. The summed E-state index contributed by atoms with van der Waals surface area (Å²) < 4.78 is 11.9. The van der Waals surface area contributed by atoms with Gasteiger partial charge >= 0.3 is 0 Å². The van der Waals surface area contributed by atoms with Gasteiger partial charge in [-0.1, -0.05) is 48.6 Å². The van der Waals surface area contributed by atoms with Gasteiger partial charge in [0.1, 0.15) is 0 Å². The molecule has 0 bridgehead atoms. The van der Waals surface area contributed by atoms with Crippen molar-refractivity contribution in [2.75, 3.05) is 13.2 Å². The Morgan fingerprint density at radius 2 is 1.20 bits per heavy atom. The molecule has 110 valence electrons. The maximum absolute atomic E-state index is 5.97. The maximum Gasteiger partial charge on any atom is 0.0871 e. The topological polar surface area (TPSA) is 18.5 Å². The molecule has 0 N–H and O–H groups in total. The van der Waals surface area contributed by atoms with Crippen molar-refractivity contribution in [3.8, 4) is 0 Å². The van der Waals surface area contributed by atoms with Gasteiger partial charge in [-0.25, -0.2) is 0 Å². The van der Waals surface area contributed by atoms with Gasteiger partial charge in [-0.15, -0.1) is 0 Å². The molecular formula is C18H26O2. The van der Waals surface area contributed by atoms with Gasteiger partial charge in [-0.05, 0) is 39.5 Å². The SMILES string of the molecule is CC1(OCCCCOC2(C)C=CC=CC2)C=CC=CC1. The molecule has 0 aromatic heterocycles. The van der Waals surface area contributed by atoms with E-state index in [-0.39, 0.29) is 11.2 Å². The second-order valence-electron chi connectivity index (χ2n) is 6.01. The van der Waals surface area contributed by atoms with Crippen molar-refractivity contribution < 1.29 is 9.47 Å². The molecule has 2 aliphatic carbocycles. The van der Waals surface area contributed by atoms with Gasteiger partial charge in [0.05, 0.1) is 11.2 Å². The van der Waals surface area contributed by atoms with E-state index in [0.717, 1.165) is 38.9 Å². The Labute approximate surface area is 122 Å². The highest BCUT2D eigenvalue weighted by atomic mass is 16.5. The lowest BCUT2D eigenvalue weighted by Crippen LogP contribution is -2.28. The van der Waals surface area contributed by atoms with Crippen molar-refractivity contribution in [2.24, 2.45) is 0 Å². The van der Waals surface area contributed by atoms with Crippen molar-refractivity contribution in [1.82, 2.24) is 0 Å². The number of rotatable bonds is 7. The fourth-order valence-electron chi connectivity index (χ4n) is 2.44. The lowest BCUT2D eigenvalue weighted by atomic mass is 9.97. The Kier molecular flexibility index (Phi) is 5.38. The van der Waals surface area contributed by atoms with E-state index in [1.807, 2.05) is 0 Å². The van der Waals surface area contributed by atoms with Crippen LogP contribution in [0.2, 0.25) is 0 Å². The highest BCUT2D eigenvalue weighted by Gasteiger charge is 2.22. The number of ether oxygens (including phenoxy) is 2. The maximum atomic E-state index is 5.97. The summed E-state index contributed by atoms with van der Waals surface area (Å²) in [6.45, 7) is 5.88. The monoisotopic (exact) mass is 274 g/mol. The number of hydrogen-bond acceptors (Lipinski definition) is 2. The van der Waals surface area contributed by atoms with Crippen molar-refractivity contribution in [2.45, 2.75) is 50.7 Å². The zero-order valence-electron chi connectivity index (χ0n) is 12.7. The Hall–Kier alpha value is -1.12. The number of unbranched alkanes of at least 4 members (excludes halogenated alkanes) is 1. The van der Waals surface area contributed by atoms with Crippen LogP contribution in [-0.4, -0.2) is 24.4 Å². The summed E-state index contributed by atoms with van der Waals surface area (Å²) in [5, 5.41) is 0. The molecule has 0 spiro atoms. The molecule has 2 nitrogen and oxygen atoms in total. The summed E-state index contributed by atoms with van der Waals surface area (Å²) in [6.07, 6.45) is 20.9. The van der Waals surface area contributed by atoms with Crippen LogP contribution in [0, 0.1) is 0 Å². The minimum absolute atomic E-state index is 0.113. The van der Waals surface area contributed by atoms with Crippen LogP contribution in [0.1, 0.15) is 39.5 Å². The Balaban J connectivity index is 1.56.